The Morgan fingerprint density at radius 2 is 1.44 bits per heavy atom. The molecule has 0 fully saturated rings. The summed E-state index contributed by atoms with van der Waals surface area (Å²) in [5, 5.41) is 2.87. The minimum Gasteiger partial charge on any atom is -0.756 e. The van der Waals surface area contributed by atoms with Gasteiger partial charge in [0.05, 0.1) is 12.6 Å². The van der Waals surface area contributed by atoms with Gasteiger partial charge in [-0.3, -0.25) is 9.36 Å². The highest BCUT2D eigenvalue weighted by atomic mass is 31.2. The second kappa shape index (κ2) is 23.9. The zero-order valence-electron chi connectivity index (χ0n) is 26.4. The smallest absolute Gasteiger partial charge is 0.265 e. The van der Waals surface area contributed by atoms with Crippen molar-refractivity contribution in [3.8, 4) is 5.75 Å². The second-order valence-corrected chi connectivity index (χ2v) is 12.2. The fourth-order valence-corrected chi connectivity index (χ4v) is 5.11. The first-order chi connectivity index (χ1) is 20.4. The molecule has 0 heterocycles. The molecule has 0 spiro atoms. The number of quaternary nitrogens is 1. The van der Waals surface area contributed by atoms with E-state index in [4.69, 9.17) is 9.63 Å². The summed E-state index contributed by atoms with van der Waals surface area (Å²) in [6.07, 6.45) is 20.8. The normalized spacial score (nSPS) is 13.3. The third-order valence-electron chi connectivity index (χ3n) is 7.12. The Morgan fingerprint density at radius 3 is 2.05 bits per heavy atom. The molecule has 0 aliphatic rings. The first-order valence-electron chi connectivity index (χ1n) is 15.7. The van der Waals surface area contributed by atoms with Crippen LogP contribution in [-0.4, -0.2) is 23.4 Å². The van der Waals surface area contributed by atoms with Crippen LogP contribution < -0.4 is 21.1 Å². The molecule has 0 bridgehead atoms. The van der Waals surface area contributed by atoms with Crippen LogP contribution in [0.15, 0.2) is 66.7 Å². The van der Waals surface area contributed by atoms with Crippen molar-refractivity contribution >= 4 is 13.7 Å². The standard InChI is InChI=1S/C34H52NO6P.H3N/c1-2-3-4-5-6-7-8-9-10-11-12-13-14-15-19-22-34(36)35-32(29-41-42(37,38)39)27-30-23-25-33(26-24-30)40-28-31-20-17-16-18-21-31;/h9-10,16-18,20-21,23-26,32H,2-8,11-15,19,22,27-29H2,1H3,(H,35,36)(H2,37,38,39);1H3/b10-9-;/t32-;/m0./s1. The number of amides is 1. The molecule has 1 amide bonds. The van der Waals surface area contributed by atoms with E-state index < -0.39 is 13.9 Å². The van der Waals surface area contributed by atoms with Gasteiger partial charge in [0.15, 0.2) is 0 Å². The molecule has 6 N–H and O–H groups in total. The van der Waals surface area contributed by atoms with Crippen LogP contribution in [-0.2, 0) is 26.9 Å². The van der Waals surface area contributed by atoms with Crippen molar-refractivity contribution in [2.24, 2.45) is 0 Å². The molecular weight excluding hydrogens is 563 g/mol. The maximum Gasteiger partial charge on any atom is 0.265 e. The maximum atomic E-state index is 12.6. The van der Waals surface area contributed by atoms with Gasteiger partial charge in [-0.05, 0) is 61.8 Å². The SMILES string of the molecule is CCCCCCCC/C=C\CCCCCCCC(=O)N[C@H](COP(=O)([O-])O)Cc1ccc(OCc2ccccc2)cc1.[NH4+]. The number of carbonyl (C=O) groups excluding carboxylic acids is 1. The lowest BCUT2D eigenvalue weighted by Crippen LogP contribution is -2.39. The fraction of sp³-hybridized carbons (Fsp3) is 0.559. The summed E-state index contributed by atoms with van der Waals surface area (Å²) in [5.41, 5.74) is 1.95. The highest BCUT2D eigenvalue weighted by molar-refractivity contribution is 7.44. The Bertz CT molecular complexity index is 1040. The number of hydrogen-bond donors (Lipinski definition) is 3. The first-order valence-corrected chi connectivity index (χ1v) is 17.2. The van der Waals surface area contributed by atoms with Gasteiger partial charge in [0.1, 0.15) is 12.4 Å². The Morgan fingerprint density at radius 1 is 0.860 bits per heavy atom. The number of ether oxygens (including phenoxy) is 1. The molecule has 0 saturated carbocycles. The molecule has 0 aliphatic carbocycles. The van der Waals surface area contributed by atoms with Crippen molar-refractivity contribution in [2.45, 2.75) is 116 Å². The molecule has 43 heavy (non-hydrogen) atoms. The minimum absolute atomic E-state index is 0. The number of unbranched alkanes of at least 4 members (excludes halogenated alkanes) is 11. The lowest BCUT2D eigenvalue weighted by Gasteiger charge is -2.23. The molecule has 2 rings (SSSR count). The second-order valence-electron chi connectivity index (χ2n) is 11.0. The van der Waals surface area contributed by atoms with Crippen LogP contribution in [0.2, 0.25) is 0 Å². The Labute approximate surface area is 259 Å². The number of carbonyl (C=O) groups is 1. The predicted molar refractivity (Wildman–Crippen MR) is 174 cm³/mol. The third kappa shape index (κ3) is 21.0. The molecule has 1 unspecified atom stereocenters. The fourth-order valence-electron chi connectivity index (χ4n) is 4.74. The number of phosphoric ester groups is 1. The number of benzene rings is 2. The Kier molecular flexibility index (Phi) is 21.4. The van der Waals surface area contributed by atoms with Crippen molar-refractivity contribution < 1.29 is 28.4 Å². The molecule has 8 nitrogen and oxygen atoms in total. The molecule has 9 heteroatoms. The summed E-state index contributed by atoms with van der Waals surface area (Å²) >= 11 is 0. The molecule has 0 aliphatic heterocycles. The van der Waals surface area contributed by atoms with E-state index in [2.05, 4.69) is 28.9 Å². The van der Waals surface area contributed by atoms with Crippen LogP contribution in [0.3, 0.4) is 0 Å². The summed E-state index contributed by atoms with van der Waals surface area (Å²) in [5.74, 6) is 0.561. The van der Waals surface area contributed by atoms with E-state index in [-0.39, 0.29) is 18.7 Å². The Balaban J connectivity index is 0.00000924. The van der Waals surface area contributed by atoms with E-state index in [9.17, 15) is 14.3 Å². The van der Waals surface area contributed by atoms with Crippen LogP contribution in [0.25, 0.3) is 0 Å². The highest BCUT2D eigenvalue weighted by Gasteiger charge is 2.16. The van der Waals surface area contributed by atoms with Crippen molar-refractivity contribution in [1.82, 2.24) is 11.5 Å². The monoisotopic (exact) mass is 618 g/mol. The summed E-state index contributed by atoms with van der Waals surface area (Å²) in [4.78, 5) is 32.8. The van der Waals surface area contributed by atoms with E-state index in [1.54, 1.807) is 0 Å². The maximum absolute atomic E-state index is 12.6. The van der Waals surface area contributed by atoms with Crippen molar-refractivity contribution in [1.29, 1.82) is 0 Å². The lowest BCUT2D eigenvalue weighted by atomic mass is 10.1. The number of allylic oxidation sites excluding steroid dienone is 2. The Hall–Kier alpha value is -2.48. The molecule has 2 aromatic rings. The number of phosphoric acid groups is 1. The average Bonchev–Trinajstić information content (AvgIpc) is 2.97. The molecular formula is C34H55N2O6P. The molecule has 242 valence electrons. The zero-order chi connectivity index (χ0) is 30.3. The van der Waals surface area contributed by atoms with Crippen LogP contribution in [0.1, 0.15) is 108 Å². The predicted octanol–water partition coefficient (Wildman–Crippen LogP) is 8.18. The van der Waals surface area contributed by atoms with Gasteiger partial charge in [-0.15, -0.1) is 0 Å². The third-order valence-corrected chi connectivity index (χ3v) is 7.60. The molecule has 2 aromatic carbocycles. The molecule has 0 aromatic heterocycles. The molecule has 0 radical (unpaired) electrons. The quantitative estimate of drug-likeness (QED) is 0.0615. The lowest BCUT2D eigenvalue weighted by molar-refractivity contribution is -0.220. The van der Waals surface area contributed by atoms with Gasteiger partial charge < -0.3 is 30.5 Å². The zero-order valence-corrected chi connectivity index (χ0v) is 27.3. The van der Waals surface area contributed by atoms with Gasteiger partial charge in [0, 0.05) is 6.42 Å². The molecule has 2 atom stereocenters. The highest BCUT2D eigenvalue weighted by Crippen LogP contribution is 2.30. The number of nitrogens with one attached hydrogen (secondary N) is 1. The summed E-state index contributed by atoms with van der Waals surface area (Å²) in [7, 11) is -4.89. The van der Waals surface area contributed by atoms with Gasteiger partial charge >= 0.3 is 0 Å². The van der Waals surface area contributed by atoms with Gasteiger partial charge in [-0.25, -0.2) is 0 Å². The van der Waals surface area contributed by atoms with Gasteiger partial charge in [0.25, 0.3) is 7.82 Å². The van der Waals surface area contributed by atoms with E-state index >= 15 is 0 Å². The van der Waals surface area contributed by atoms with Gasteiger partial charge in [-0.1, -0.05) is 113 Å². The van der Waals surface area contributed by atoms with E-state index in [1.807, 2.05) is 54.6 Å². The number of rotatable bonds is 24. The largest absolute Gasteiger partial charge is 0.756 e. The average molecular weight is 619 g/mol. The van der Waals surface area contributed by atoms with Crippen molar-refractivity contribution in [3.63, 3.8) is 0 Å². The summed E-state index contributed by atoms with van der Waals surface area (Å²) < 4.78 is 21.6. The van der Waals surface area contributed by atoms with Crippen LogP contribution in [0.5, 0.6) is 5.75 Å². The molecule has 0 saturated heterocycles. The summed E-state index contributed by atoms with van der Waals surface area (Å²) in [6.45, 7) is 2.37. The number of hydrogen-bond acceptors (Lipinski definition) is 5. The van der Waals surface area contributed by atoms with Crippen molar-refractivity contribution in [2.75, 3.05) is 6.61 Å². The van der Waals surface area contributed by atoms with Crippen molar-refractivity contribution in [3.05, 3.63) is 77.9 Å². The van der Waals surface area contributed by atoms with Crippen LogP contribution in [0.4, 0.5) is 0 Å². The van der Waals surface area contributed by atoms with Crippen LogP contribution >= 0.6 is 7.82 Å². The van der Waals surface area contributed by atoms with Gasteiger partial charge in [0.2, 0.25) is 5.91 Å². The first kappa shape index (κ1) is 38.5. The minimum atomic E-state index is -4.89. The van der Waals surface area contributed by atoms with E-state index in [0.717, 1.165) is 43.2 Å². The summed E-state index contributed by atoms with van der Waals surface area (Å²) in [6, 6.07) is 16.7. The topological polar surface area (TPSA) is 144 Å². The van der Waals surface area contributed by atoms with Gasteiger partial charge in [-0.2, -0.15) is 0 Å². The van der Waals surface area contributed by atoms with Crippen LogP contribution in [0, 0.1) is 0 Å². The van der Waals surface area contributed by atoms with E-state index in [1.165, 1.54) is 51.4 Å². The van der Waals surface area contributed by atoms with E-state index in [0.29, 0.717) is 25.2 Å².